The molecule has 7 nitrogen and oxygen atoms in total. The summed E-state index contributed by atoms with van der Waals surface area (Å²) in [6.45, 7) is 4.06. The molecule has 27 heavy (non-hydrogen) atoms. The average Bonchev–Trinajstić information content (AvgIpc) is 2.69. The van der Waals surface area contributed by atoms with E-state index in [0.717, 1.165) is 5.56 Å². The molecule has 1 aromatic carbocycles. The molecule has 1 aromatic rings. The smallest absolute Gasteiger partial charge is 0.306 e. The van der Waals surface area contributed by atoms with Gasteiger partial charge in [-0.3, -0.25) is 14.4 Å². The Bertz CT molecular complexity index is 719. The van der Waals surface area contributed by atoms with Crippen molar-refractivity contribution < 1.29 is 24.2 Å². The first kappa shape index (κ1) is 19.4. The molecule has 1 aliphatic carbocycles. The SMILES string of the molecule is Cc1c(NC(=O)C2CCC(C(=O)O)CC2)cccc1C(=O)N1CCOCC1. The standard InChI is InChI=1S/C20H26N2O5/c1-13-16(19(24)22-9-11-27-12-10-22)3-2-4-17(13)21-18(23)14-5-7-15(8-6-14)20(25)26/h2-4,14-15H,5-12H2,1H3,(H,21,23)(H,25,26). The van der Waals surface area contributed by atoms with Crippen LogP contribution in [0, 0.1) is 18.8 Å². The first-order valence-electron chi connectivity index (χ1n) is 9.47. The zero-order chi connectivity index (χ0) is 19.4. The number of rotatable bonds is 4. The summed E-state index contributed by atoms with van der Waals surface area (Å²) in [4.78, 5) is 38.2. The van der Waals surface area contributed by atoms with Gasteiger partial charge >= 0.3 is 5.97 Å². The molecule has 146 valence electrons. The number of aliphatic carboxylic acids is 1. The second kappa shape index (κ2) is 8.52. The number of nitrogens with one attached hydrogen (secondary N) is 1. The molecular formula is C20H26N2O5. The van der Waals surface area contributed by atoms with E-state index in [9.17, 15) is 14.4 Å². The fraction of sp³-hybridized carbons (Fsp3) is 0.550. The Morgan fingerprint density at radius 3 is 2.33 bits per heavy atom. The van der Waals surface area contributed by atoms with E-state index in [2.05, 4.69) is 5.32 Å². The van der Waals surface area contributed by atoms with Crippen molar-refractivity contribution in [3.05, 3.63) is 29.3 Å². The first-order chi connectivity index (χ1) is 13.0. The molecule has 1 saturated carbocycles. The van der Waals surface area contributed by atoms with Crippen LogP contribution in [-0.2, 0) is 14.3 Å². The number of benzene rings is 1. The number of anilines is 1. The Morgan fingerprint density at radius 2 is 1.70 bits per heavy atom. The van der Waals surface area contributed by atoms with Gasteiger partial charge in [0.1, 0.15) is 0 Å². The highest BCUT2D eigenvalue weighted by molar-refractivity contribution is 5.99. The van der Waals surface area contributed by atoms with Gasteiger partial charge < -0.3 is 20.1 Å². The zero-order valence-corrected chi connectivity index (χ0v) is 15.6. The Morgan fingerprint density at radius 1 is 1.07 bits per heavy atom. The van der Waals surface area contributed by atoms with E-state index in [0.29, 0.717) is 63.2 Å². The summed E-state index contributed by atoms with van der Waals surface area (Å²) in [5.41, 5.74) is 1.98. The molecular weight excluding hydrogens is 348 g/mol. The number of hydrogen-bond acceptors (Lipinski definition) is 4. The lowest BCUT2D eigenvalue weighted by atomic mass is 9.81. The third kappa shape index (κ3) is 4.47. The molecule has 0 spiro atoms. The third-order valence-corrected chi connectivity index (χ3v) is 5.57. The molecule has 1 aliphatic heterocycles. The number of carbonyl (C=O) groups is 3. The summed E-state index contributed by atoms with van der Waals surface area (Å²) >= 11 is 0. The van der Waals surface area contributed by atoms with Crippen LogP contribution in [0.3, 0.4) is 0 Å². The van der Waals surface area contributed by atoms with Crippen LogP contribution >= 0.6 is 0 Å². The van der Waals surface area contributed by atoms with Crippen molar-refractivity contribution in [1.82, 2.24) is 4.90 Å². The van der Waals surface area contributed by atoms with Crippen molar-refractivity contribution >= 4 is 23.5 Å². The monoisotopic (exact) mass is 374 g/mol. The molecule has 2 amide bonds. The van der Waals surface area contributed by atoms with E-state index in [-0.39, 0.29) is 23.7 Å². The van der Waals surface area contributed by atoms with Crippen LogP contribution in [0.5, 0.6) is 0 Å². The summed E-state index contributed by atoms with van der Waals surface area (Å²) in [6, 6.07) is 5.35. The van der Waals surface area contributed by atoms with Crippen molar-refractivity contribution in [2.24, 2.45) is 11.8 Å². The second-order valence-corrected chi connectivity index (χ2v) is 7.26. The van der Waals surface area contributed by atoms with Crippen LogP contribution in [0.15, 0.2) is 18.2 Å². The number of carboxylic acid groups (broad SMARTS) is 1. The van der Waals surface area contributed by atoms with Crippen molar-refractivity contribution in [1.29, 1.82) is 0 Å². The van der Waals surface area contributed by atoms with E-state index in [1.165, 1.54) is 0 Å². The van der Waals surface area contributed by atoms with Crippen LogP contribution in [0.1, 0.15) is 41.6 Å². The highest BCUT2D eigenvalue weighted by atomic mass is 16.5. The lowest BCUT2D eigenvalue weighted by molar-refractivity contribution is -0.143. The largest absolute Gasteiger partial charge is 0.481 e. The van der Waals surface area contributed by atoms with Gasteiger partial charge in [-0.05, 0) is 50.3 Å². The van der Waals surface area contributed by atoms with Gasteiger partial charge in [-0.15, -0.1) is 0 Å². The molecule has 0 unspecified atom stereocenters. The van der Waals surface area contributed by atoms with Crippen molar-refractivity contribution in [3.8, 4) is 0 Å². The number of morpholine rings is 1. The summed E-state index contributed by atoms with van der Waals surface area (Å²) in [5.74, 6) is -1.45. The molecule has 1 heterocycles. The molecule has 3 rings (SSSR count). The summed E-state index contributed by atoms with van der Waals surface area (Å²) in [7, 11) is 0. The maximum Gasteiger partial charge on any atom is 0.306 e. The molecule has 0 atom stereocenters. The van der Waals surface area contributed by atoms with Gasteiger partial charge in [0.15, 0.2) is 0 Å². The van der Waals surface area contributed by atoms with Crippen LogP contribution in [0.2, 0.25) is 0 Å². The Labute approximate surface area is 158 Å². The van der Waals surface area contributed by atoms with E-state index >= 15 is 0 Å². The molecule has 0 radical (unpaired) electrons. The van der Waals surface area contributed by atoms with Gasteiger partial charge in [0, 0.05) is 30.3 Å². The van der Waals surface area contributed by atoms with Crippen LogP contribution in [0.25, 0.3) is 0 Å². The number of hydrogen-bond donors (Lipinski definition) is 2. The number of amides is 2. The fourth-order valence-electron chi connectivity index (χ4n) is 3.78. The van der Waals surface area contributed by atoms with Gasteiger partial charge in [0.2, 0.25) is 5.91 Å². The number of nitrogens with zero attached hydrogens (tertiary/aromatic N) is 1. The van der Waals surface area contributed by atoms with Gasteiger partial charge in [-0.2, -0.15) is 0 Å². The minimum absolute atomic E-state index is 0.0473. The number of ether oxygens (including phenoxy) is 1. The normalized spacial score (nSPS) is 22.9. The van der Waals surface area contributed by atoms with Gasteiger partial charge in [0.05, 0.1) is 19.1 Å². The lowest BCUT2D eigenvalue weighted by Crippen LogP contribution is -2.41. The fourth-order valence-corrected chi connectivity index (χ4v) is 3.78. The average molecular weight is 374 g/mol. The van der Waals surface area contributed by atoms with Gasteiger partial charge in [-0.25, -0.2) is 0 Å². The predicted octanol–water partition coefficient (Wildman–Crippen LogP) is 2.30. The van der Waals surface area contributed by atoms with Crippen molar-refractivity contribution in [2.45, 2.75) is 32.6 Å². The Balaban J connectivity index is 1.66. The predicted molar refractivity (Wildman–Crippen MR) is 99.6 cm³/mol. The highest BCUT2D eigenvalue weighted by Gasteiger charge is 2.30. The summed E-state index contributed by atoms with van der Waals surface area (Å²) in [6.07, 6.45) is 2.21. The first-order valence-corrected chi connectivity index (χ1v) is 9.47. The highest BCUT2D eigenvalue weighted by Crippen LogP contribution is 2.30. The van der Waals surface area contributed by atoms with Crippen molar-refractivity contribution in [3.63, 3.8) is 0 Å². The summed E-state index contributed by atoms with van der Waals surface area (Å²) < 4.78 is 5.29. The van der Waals surface area contributed by atoms with Crippen LogP contribution < -0.4 is 5.32 Å². The topological polar surface area (TPSA) is 95.9 Å². The maximum absolute atomic E-state index is 12.8. The Hall–Kier alpha value is -2.41. The molecule has 2 N–H and O–H groups in total. The molecule has 2 aliphatic rings. The zero-order valence-electron chi connectivity index (χ0n) is 15.6. The van der Waals surface area contributed by atoms with E-state index in [1.807, 2.05) is 6.92 Å². The molecule has 1 saturated heterocycles. The summed E-state index contributed by atoms with van der Waals surface area (Å²) in [5, 5.41) is 12.0. The van der Waals surface area contributed by atoms with Crippen LogP contribution in [0.4, 0.5) is 5.69 Å². The third-order valence-electron chi connectivity index (χ3n) is 5.57. The molecule has 7 heteroatoms. The van der Waals surface area contributed by atoms with Gasteiger partial charge in [0.25, 0.3) is 5.91 Å². The van der Waals surface area contributed by atoms with E-state index in [4.69, 9.17) is 9.84 Å². The molecule has 2 fully saturated rings. The second-order valence-electron chi connectivity index (χ2n) is 7.26. The van der Waals surface area contributed by atoms with Crippen molar-refractivity contribution in [2.75, 3.05) is 31.6 Å². The minimum Gasteiger partial charge on any atom is -0.481 e. The van der Waals surface area contributed by atoms with Crippen LogP contribution in [-0.4, -0.2) is 54.1 Å². The maximum atomic E-state index is 12.8. The minimum atomic E-state index is -0.779. The van der Waals surface area contributed by atoms with E-state index < -0.39 is 5.97 Å². The number of carboxylic acids is 1. The number of carbonyl (C=O) groups excluding carboxylic acids is 2. The van der Waals surface area contributed by atoms with E-state index in [1.54, 1.807) is 23.1 Å². The van der Waals surface area contributed by atoms with Gasteiger partial charge in [-0.1, -0.05) is 6.07 Å². The quantitative estimate of drug-likeness (QED) is 0.843. The lowest BCUT2D eigenvalue weighted by Gasteiger charge is -2.28. The molecule has 0 aromatic heterocycles. The Kier molecular flexibility index (Phi) is 6.11. The molecule has 0 bridgehead atoms.